The van der Waals surface area contributed by atoms with Gasteiger partial charge >= 0.3 is 0 Å². The van der Waals surface area contributed by atoms with Crippen LogP contribution in [0.1, 0.15) is 11.6 Å². The largest absolute Gasteiger partial charge is 0.381 e. The van der Waals surface area contributed by atoms with Gasteiger partial charge in [0.25, 0.3) is 11.1 Å². The first-order valence-corrected chi connectivity index (χ1v) is 7.81. The Morgan fingerprint density at radius 1 is 1.04 bits per heavy atom. The van der Waals surface area contributed by atoms with Crippen molar-refractivity contribution in [1.29, 1.82) is 0 Å². The molecule has 3 heterocycles. The van der Waals surface area contributed by atoms with Gasteiger partial charge < -0.3 is 9.51 Å². The summed E-state index contributed by atoms with van der Waals surface area (Å²) in [4.78, 5) is 26.8. The fourth-order valence-corrected chi connectivity index (χ4v) is 3.03. The van der Waals surface area contributed by atoms with Gasteiger partial charge in [-0.15, -0.1) is 0 Å². The van der Waals surface area contributed by atoms with E-state index in [2.05, 4.69) is 10.1 Å². The molecule has 7 nitrogen and oxygen atoms in total. The molecule has 1 N–H and O–H groups in total. The van der Waals surface area contributed by atoms with Gasteiger partial charge in [0.15, 0.2) is 0 Å². The maximum absolute atomic E-state index is 12.2. The normalized spacial score (nSPS) is 11.3. The summed E-state index contributed by atoms with van der Waals surface area (Å²) in [6, 6.07) is 9.37. The lowest BCUT2D eigenvalue weighted by Gasteiger charge is -2.00. The number of aromatic amines is 1. The molecule has 126 valence electrons. The molecule has 0 aliphatic heterocycles. The highest BCUT2D eigenvalue weighted by atomic mass is 16.5. The van der Waals surface area contributed by atoms with E-state index >= 15 is 0 Å². The molecule has 0 radical (unpaired) electrons. The first kappa shape index (κ1) is 15.2. The molecule has 25 heavy (non-hydrogen) atoms. The number of aryl methyl sites for hydroxylation is 3. The topological polar surface area (TPSA) is 85.3 Å². The molecule has 3 aromatic heterocycles. The standard InChI is InChI=1S/C18H16N4O3/c1-10-16(18(24)21(3)25-10)13-6-4-12(5-7-13)14-8-15-17(23)19-11(2)20-22(15)9-14/h4-9H,1-3H3,(H,19,20,23). The zero-order chi connectivity index (χ0) is 17.7. The Morgan fingerprint density at radius 3 is 2.36 bits per heavy atom. The van der Waals surface area contributed by atoms with Crippen LogP contribution in [0.2, 0.25) is 0 Å². The van der Waals surface area contributed by atoms with E-state index in [0.29, 0.717) is 22.7 Å². The molecule has 0 fully saturated rings. The molecule has 0 amide bonds. The molecular formula is C18H16N4O3. The van der Waals surface area contributed by atoms with Crippen molar-refractivity contribution in [2.24, 2.45) is 7.05 Å². The number of hydrogen-bond donors (Lipinski definition) is 1. The maximum Gasteiger partial charge on any atom is 0.290 e. The molecule has 0 aliphatic carbocycles. The van der Waals surface area contributed by atoms with Crippen LogP contribution in [0.5, 0.6) is 0 Å². The number of nitrogens with zero attached hydrogens (tertiary/aromatic N) is 3. The van der Waals surface area contributed by atoms with Crippen molar-refractivity contribution in [1.82, 2.24) is 19.3 Å². The van der Waals surface area contributed by atoms with Crippen molar-refractivity contribution in [3.05, 3.63) is 68.8 Å². The second-order valence-corrected chi connectivity index (χ2v) is 6.00. The molecular weight excluding hydrogens is 320 g/mol. The van der Waals surface area contributed by atoms with Gasteiger partial charge in [0, 0.05) is 18.8 Å². The number of H-pyrrole nitrogens is 1. The first-order chi connectivity index (χ1) is 11.9. The Hall–Kier alpha value is -3.35. The monoisotopic (exact) mass is 336 g/mol. The van der Waals surface area contributed by atoms with E-state index in [-0.39, 0.29) is 11.1 Å². The summed E-state index contributed by atoms with van der Waals surface area (Å²) >= 11 is 0. The summed E-state index contributed by atoms with van der Waals surface area (Å²) in [5.41, 5.74) is 3.33. The van der Waals surface area contributed by atoms with Gasteiger partial charge in [-0.3, -0.25) is 9.59 Å². The van der Waals surface area contributed by atoms with Crippen LogP contribution in [0.3, 0.4) is 0 Å². The third kappa shape index (κ3) is 2.40. The number of benzene rings is 1. The van der Waals surface area contributed by atoms with Crippen LogP contribution in [-0.2, 0) is 7.05 Å². The van der Waals surface area contributed by atoms with Gasteiger partial charge in [-0.1, -0.05) is 24.3 Å². The van der Waals surface area contributed by atoms with Gasteiger partial charge in [-0.25, -0.2) is 4.52 Å². The minimum absolute atomic E-state index is 0.161. The minimum Gasteiger partial charge on any atom is -0.381 e. The lowest BCUT2D eigenvalue weighted by molar-refractivity contribution is 0.283. The van der Waals surface area contributed by atoms with Crippen LogP contribution in [-0.4, -0.2) is 19.3 Å². The van der Waals surface area contributed by atoms with E-state index in [0.717, 1.165) is 16.7 Å². The van der Waals surface area contributed by atoms with E-state index < -0.39 is 0 Å². The van der Waals surface area contributed by atoms with E-state index in [1.807, 2.05) is 30.5 Å². The molecule has 0 saturated carbocycles. The van der Waals surface area contributed by atoms with Crippen LogP contribution in [0.25, 0.3) is 27.8 Å². The quantitative estimate of drug-likeness (QED) is 0.608. The summed E-state index contributed by atoms with van der Waals surface area (Å²) < 4.78 is 8.13. The highest BCUT2D eigenvalue weighted by Crippen LogP contribution is 2.26. The summed E-state index contributed by atoms with van der Waals surface area (Å²) in [6.07, 6.45) is 1.81. The fourth-order valence-electron chi connectivity index (χ4n) is 3.03. The molecule has 1 aromatic carbocycles. The molecule has 0 bridgehead atoms. The average Bonchev–Trinajstić information content (AvgIpc) is 3.09. The number of rotatable bonds is 2. The number of fused-ring (bicyclic) bond motifs is 1. The molecule has 7 heteroatoms. The Labute approximate surface area is 142 Å². The Balaban J connectivity index is 1.79. The average molecular weight is 336 g/mol. The molecule has 0 aliphatic rings. The highest BCUT2D eigenvalue weighted by Gasteiger charge is 2.14. The molecule has 0 spiro atoms. The van der Waals surface area contributed by atoms with Crippen LogP contribution in [0.4, 0.5) is 0 Å². The zero-order valence-electron chi connectivity index (χ0n) is 14.0. The summed E-state index contributed by atoms with van der Waals surface area (Å²) in [5, 5.41) is 4.28. The van der Waals surface area contributed by atoms with Crippen LogP contribution in [0, 0.1) is 13.8 Å². The molecule has 4 aromatic rings. The molecule has 0 atom stereocenters. The highest BCUT2D eigenvalue weighted by molar-refractivity contribution is 5.73. The third-order valence-corrected chi connectivity index (χ3v) is 4.22. The lowest BCUT2D eigenvalue weighted by atomic mass is 10.0. The summed E-state index contributed by atoms with van der Waals surface area (Å²) in [7, 11) is 1.59. The van der Waals surface area contributed by atoms with Crippen LogP contribution in [0.15, 0.2) is 50.6 Å². The second-order valence-electron chi connectivity index (χ2n) is 6.00. The SMILES string of the molecule is Cc1nn2cc(-c3ccc(-c4c(C)on(C)c4=O)cc3)cc2c(=O)[nH]1. The fraction of sp³-hybridized carbons (Fsp3) is 0.167. The Bertz CT molecular complexity index is 1210. The van der Waals surface area contributed by atoms with E-state index in [4.69, 9.17) is 4.52 Å². The van der Waals surface area contributed by atoms with Crippen molar-refractivity contribution in [2.75, 3.05) is 0 Å². The van der Waals surface area contributed by atoms with Crippen molar-refractivity contribution >= 4 is 5.52 Å². The predicted octanol–water partition coefficient (Wildman–Crippen LogP) is 2.27. The van der Waals surface area contributed by atoms with E-state index in [1.54, 1.807) is 31.5 Å². The van der Waals surface area contributed by atoms with E-state index in [9.17, 15) is 9.59 Å². The third-order valence-electron chi connectivity index (χ3n) is 4.22. The van der Waals surface area contributed by atoms with Gasteiger partial charge in [0.05, 0.1) is 5.56 Å². The van der Waals surface area contributed by atoms with Crippen molar-refractivity contribution in [3.63, 3.8) is 0 Å². The molecule has 0 unspecified atom stereocenters. The van der Waals surface area contributed by atoms with Crippen molar-refractivity contribution in [2.45, 2.75) is 13.8 Å². The lowest BCUT2D eigenvalue weighted by Crippen LogP contribution is -2.12. The first-order valence-electron chi connectivity index (χ1n) is 7.81. The number of nitrogens with one attached hydrogen (secondary N) is 1. The van der Waals surface area contributed by atoms with Crippen LogP contribution < -0.4 is 11.1 Å². The number of aromatic nitrogens is 4. The zero-order valence-corrected chi connectivity index (χ0v) is 14.0. The Morgan fingerprint density at radius 2 is 1.72 bits per heavy atom. The van der Waals surface area contributed by atoms with Crippen molar-refractivity contribution in [3.8, 4) is 22.3 Å². The second kappa shape index (κ2) is 5.34. The number of hydrogen-bond acceptors (Lipinski definition) is 4. The van der Waals surface area contributed by atoms with E-state index in [1.165, 1.54) is 4.74 Å². The van der Waals surface area contributed by atoms with Gasteiger partial charge in [-0.2, -0.15) is 9.84 Å². The van der Waals surface area contributed by atoms with Gasteiger partial charge in [-0.05, 0) is 31.0 Å². The summed E-state index contributed by atoms with van der Waals surface area (Å²) in [5.74, 6) is 1.14. The van der Waals surface area contributed by atoms with Crippen LogP contribution >= 0.6 is 0 Å². The molecule has 4 rings (SSSR count). The van der Waals surface area contributed by atoms with Gasteiger partial charge in [0.2, 0.25) is 0 Å². The maximum atomic E-state index is 12.2. The predicted molar refractivity (Wildman–Crippen MR) is 93.7 cm³/mol. The smallest absolute Gasteiger partial charge is 0.290 e. The van der Waals surface area contributed by atoms with Crippen molar-refractivity contribution < 1.29 is 4.52 Å². The van der Waals surface area contributed by atoms with Gasteiger partial charge in [0.1, 0.15) is 17.1 Å². The summed E-state index contributed by atoms with van der Waals surface area (Å²) in [6.45, 7) is 3.51. The minimum atomic E-state index is -0.173. The molecule has 0 saturated heterocycles. The Kier molecular flexibility index (Phi) is 3.24.